The van der Waals surface area contributed by atoms with Crippen molar-refractivity contribution in [3.05, 3.63) is 22.4 Å². The molecule has 0 saturated carbocycles. The van der Waals surface area contributed by atoms with Gasteiger partial charge in [0.25, 0.3) is 5.91 Å². The maximum atomic E-state index is 13.0. The van der Waals surface area contributed by atoms with E-state index < -0.39 is 0 Å². The molecule has 2 amide bonds. The minimum Gasteiger partial charge on any atom is -0.341 e. The Morgan fingerprint density at radius 1 is 1.12 bits per heavy atom. The molecule has 1 unspecified atom stereocenters. The molecule has 0 N–H and O–H groups in total. The van der Waals surface area contributed by atoms with Crippen molar-refractivity contribution in [2.45, 2.75) is 44.2 Å². The van der Waals surface area contributed by atoms with E-state index in [1.165, 1.54) is 11.3 Å². The van der Waals surface area contributed by atoms with Crippen LogP contribution in [0.2, 0.25) is 0 Å². The monoisotopic (exact) mass is 349 g/mol. The third-order valence-electron chi connectivity index (χ3n) is 5.29. The molecule has 3 rings (SSSR count). The molecule has 0 bridgehead atoms. The lowest BCUT2D eigenvalue weighted by atomic mass is 9.98. The van der Waals surface area contributed by atoms with Gasteiger partial charge in [-0.05, 0) is 57.6 Å². The molecular weight excluding hydrogens is 322 g/mol. The predicted octanol–water partition coefficient (Wildman–Crippen LogP) is 2.30. The van der Waals surface area contributed by atoms with Crippen LogP contribution in [0.4, 0.5) is 0 Å². The Labute approximate surface area is 148 Å². The van der Waals surface area contributed by atoms with Crippen molar-refractivity contribution in [2.75, 3.05) is 33.7 Å². The van der Waals surface area contributed by atoms with Gasteiger partial charge in [0, 0.05) is 25.7 Å². The van der Waals surface area contributed by atoms with E-state index in [4.69, 9.17) is 0 Å². The van der Waals surface area contributed by atoms with E-state index in [9.17, 15) is 9.59 Å². The van der Waals surface area contributed by atoms with Crippen LogP contribution in [0.3, 0.4) is 0 Å². The smallest absolute Gasteiger partial charge is 0.264 e. The van der Waals surface area contributed by atoms with Crippen molar-refractivity contribution in [1.82, 2.24) is 14.7 Å². The molecule has 1 aromatic rings. The van der Waals surface area contributed by atoms with Crippen LogP contribution < -0.4 is 0 Å². The zero-order valence-electron chi connectivity index (χ0n) is 14.6. The van der Waals surface area contributed by atoms with Gasteiger partial charge in [-0.2, -0.15) is 0 Å². The first-order chi connectivity index (χ1) is 11.6. The Morgan fingerprint density at radius 3 is 2.50 bits per heavy atom. The van der Waals surface area contributed by atoms with Gasteiger partial charge in [0.1, 0.15) is 6.04 Å². The fraction of sp³-hybridized carbons (Fsp3) is 0.667. The number of carbonyl (C=O) groups is 2. The number of hydrogen-bond acceptors (Lipinski definition) is 4. The summed E-state index contributed by atoms with van der Waals surface area (Å²) in [5, 5.41) is 1.92. The second-order valence-corrected chi connectivity index (χ2v) is 7.96. The van der Waals surface area contributed by atoms with Crippen molar-refractivity contribution in [3.8, 4) is 0 Å². The van der Waals surface area contributed by atoms with Crippen LogP contribution in [-0.2, 0) is 4.79 Å². The van der Waals surface area contributed by atoms with E-state index in [1.807, 2.05) is 27.3 Å². The predicted molar refractivity (Wildman–Crippen MR) is 96.3 cm³/mol. The second kappa shape index (κ2) is 7.66. The summed E-state index contributed by atoms with van der Waals surface area (Å²) in [6, 6.07) is 4.03. The Kier molecular flexibility index (Phi) is 5.56. The number of hydrogen-bond donors (Lipinski definition) is 0. The van der Waals surface area contributed by atoms with Crippen LogP contribution in [0, 0.1) is 0 Å². The van der Waals surface area contributed by atoms with Crippen molar-refractivity contribution in [1.29, 1.82) is 0 Å². The highest BCUT2D eigenvalue weighted by atomic mass is 32.1. The second-order valence-electron chi connectivity index (χ2n) is 7.01. The summed E-state index contributed by atoms with van der Waals surface area (Å²) >= 11 is 1.46. The lowest BCUT2D eigenvalue weighted by Crippen LogP contribution is -2.55. The van der Waals surface area contributed by atoms with E-state index >= 15 is 0 Å². The summed E-state index contributed by atoms with van der Waals surface area (Å²) in [6.45, 7) is 2.31. The Hall–Kier alpha value is -1.40. The number of piperidine rings is 2. The van der Waals surface area contributed by atoms with E-state index in [-0.39, 0.29) is 17.9 Å². The highest BCUT2D eigenvalue weighted by Gasteiger charge is 2.36. The molecule has 0 radical (unpaired) electrons. The zero-order chi connectivity index (χ0) is 17.1. The number of thiophene rings is 1. The van der Waals surface area contributed by atoms with Crippen LogP contribution in [0.5, 0.6) is 0 Å². The molecule has 2 saturated heterocycles. The molecule has 2 fully saturated rings. The number of likely N-dealkylation sites (tertiary alicyclic amines) is 2. The summed E-state index contributed by atoms with van der Waals surface area (Å²) in [4.78, 5) is 32.6. The maximum Gasteiger partial charge on any atom is 0.264 e. The molecule has 24 heavy (non-hydrogen) atoms. The third kappa shape index (κ3) is 3.64. The number of amides is 2. The van der Waals surface area contributed by atoms with Crippen LogP contribution in [0.15, 0.2) is 17.5 Å². The topological polar surface area (TPSA) is 43.9 Å². The van der Waals surface area contributed by atoms with E-state index in [0.29, 0.717) is 12.6 Å². The van der Waals surface area contributed by atoms with E-state index in [1.54, 1.807) is 0 Å². The molecule has 1 atom stereocenters. The average molecular weight is 350 g/mol. The maximum absolute atomic E-state index is 13.0. The quantitative estimate of drug-likeness (QED) is 0.841. The molecule has 1 aromatic heterocycles. The van der Waals surface area contributed by atoms with Gasteiger partial charge in [-0.15, -0.1) is 11.3 Å². The highest BCUT2D eigenvalue weighted by molar-refractivity contribution is 7.12. The molecule has 6 heteroatoms. The molecule has 5 nitrogen and oxygen atoms in total. The Balaban J connectivity index is 1.67. The molecule has 2 aliphatic rings. The molecule has 0 spiro atoms. The molecule has 0 aromatic carbocycles. The fourth-order valence-electron chi connectivity index (χ4n) is 3.79. The van der Waals surface area contributed by atoms with E-state index in [2.05, 4.69) is 19.0 Å². The minimum atomic E-state index is -0.274. The Morgan fingerprint density at radius 2 is 1.88 bits per heavy atom. The lowest BCUT2D eigenvalue weighted by Gasteiger charge is -2.40. The van der Waals surface area contributed by atoms with Crippen LogP contribution in [0.25, 0.3) is 0 Å². The van der Waals surface area contributed by atoms with Crippen LogP contribution >= 0.6 is 11.3 Å². The molecular formula is C18H27N3O2S. The largest absolute Gasteiger partial charge is 0.341 e. The number of nitrogens with zero attached hydrogens (tertiary/aromatic N) is 3. The average Bonchev–Trinajstić information content (AvgIpc) is 3.15. The Bertz CT molecular complexity index is 565. The van der Waals surface area contributed by atoms with E-state index in [0.717, 1.165) is 50.1 Å². The molecule has 2 aliphatic heterocycles. The summed E-state index contributed by atoms with van der Waals surface area (Å²) in [5.41, 5.74) is 0. The minimum absolute atomic E-state index is 0.0197. The van der Waals surface area contributed by atoms with Gasteiger partial charge in [0.05, 0.1) is 4.88 Å². The highest BCUT2D eigenvalue weighted by Crippen LogP contribution is 2.24. The first-order valence-electron chi connectivity index (χ1n) is 8.87. The van der Waals surface area contributed by atoms with Gasteiger partial charge < -0.3 is 14.7 Å². The SMILES string of the molecule is CN(C)C1CCN(C(=O)C2CCCCN2C(=O)c2cccs2)CC1. The standard InChI is InChI=1S/C18H27N3O2S/c1-19(2)14-8-11-20(12-9-14)17(22)15-6-3-4-10-21(15)18(23)16-7-5-13-24-16/h5,7,13-15H,3-4,6,8-12H2,1-2H3. The number of carbonyl (C=O) groups excluding carboxylic acids is 2. The lowest BCUT2D eigenvalue weighted by molar-refractivity contribution is -0.138. The third-order valence-corrected chi connectivity index (χ3v) is 6.14. The van der Waals surface area contributed by atoms with Crippen LogP contribution in [0.1, 0.15) is 41.8 Å². The summed E-state index contributed by atoms with van der Waals surface area (Å²) in [7, 11) is 4.20. The van der Waals surface area contributed by atoms with Gasteiger partial charge in [0.15, 0.2) is 0 Å². The van der Waals surface area contributed by atoms with Crippen molar-refractivity contribution in [2.24, 2.45) is 0 Å². The zero-order valence-corrected chi connectivity index (χ0v) is 15.4. The van der Waals surface area contributed by atoms with Gasteiger partial charge >= 0.3 is 0 Å². The van der Waals surface area contributed by atoms with Gasteiger partial charge in [0.2, 0.25) is 5.91 Å². The first-order valence-corrected chi connectivity index (χ1v) is 9.75. The van der Waals surface area contributed by atoms with Crippen molar-refractivity contribution < 1.29 is 9.59 Å². The fourth-order valence-corrected chi connectivity index (χ4v) is 4.47. The molecule has 132 valence electrons. The summed E-state index contributed by atoms with van der Waals surface area (Å²) in [5.74, 6) is 0.169. The molecule has 3 heterocycles. The normalized spacial score (nSPS) is 22.9. The summed E-state index contributed by atoms with van der Waals surface area (Å²) < 4.78 is 0. The van der Waals surface area contributed by atoms with Gasteiger partial charge in [-0.3, -0.25) is 9.59 Å². The summed E-state index contributed by atoms with van der Waals surface area (Å²) in [6.07, 6.45) is 4.85. The first kappa shape index (κ1) is 17.4. The van der Waals surface area contributed by atoms with Gasteiger partial charge in [-0.1, -0.05) is 6.07 Å². The number of rotatable bonds is 3. The van der Waals surface area contributed by atoms with Gasteiger partial charge in [-0.25, -0.2) is 0 Å². The van der Waals surface area contributed by atoms with Crippen molar-refractivity contribution in [3.63, 3.8) is 0 Å². The van der Waals surface area contributed by atoms with Crippen LogP contribution in [-0.4, -0.2) is 72.3 Å². The molecule has 0 aliphatic carbocycles. The van der Waals surface area contributed by atoms with Crippen molar-refractivity contribution >= 4 is 23.2 Å².